The quantitative estimate of drug-likeness (QED) is 0.807. The third kappa shape index (κ3) is 4.46. The third-order valence-corrected chi connectivity index (χ3v) is 3.94. The average Bonchev–Trinajstić information content (AvgIpc) is 2.69. The summed E-state index contributed by atoms with van der Waals surface area (Å²) in [7, 11) is 0. The van der Waals surface area contributed by atoms with Gasteiger partial charge in [-0.3, -0.25) is 9.59 Å². The number of hydrogen-bond acceptors (Lipinski definition) is 5. The summed E-state index contributed by atoms with van der Waals surface area (Å²) in [6.45, 7) is 6.42. The summed E-state index contributed by atoms with van der Waals surface area (Å²) in [5.74, 6) is 0.328. The molecule has 0 radical (unpaired) electrons. The van der Waals surface area contributed by atoms with Gasteiger partial charge in [-0.25, -0.2) is 4.98 Å². The number of amides is 2. The summed E-state index contributed by atoms with van der Waals surface area (Å²) in [5.41, 5.74) is 1.71. The molecule has 2 heterocycles. The highest BCUT2D eigenvalue weighted by atomic mass is 16.5. The van der Waals surface area contributed by atoms with Gasteiger partial charge in [0, 0.05) is 24.3 Å². The van der Waals surface area contributed by atoms with Crippen LogP contribution in [0.15, 0.2) is 55.3 Å². The number of morpholine rings is 1. The van der Waals surface area contributed by atoms with Crippen molar-refractivity contribution >= 4 is 29.0 Å². The van der Waals surface area contributed by atoms with Gasteiger partial charge in [0.15, 0.2) is 0 Å². The zero-order chi connectivity index (χ0) is 18.4. The molecular formula is C19H20N4O3. The molecule has 7 nitrogen and oxygen atoms in total. The van der Waals surface area contributed by atoms with E-state index in [1.807, 2.05) is 12.1 Å². The minimum Gasteiger partial charge on any atom is -0.378 e. The SMILES string of the molecule is C=CC(=O)Nc1ccc(C(=O)Nc2ccc(N3CCOCC3)nc2)cc1. The van der Waals surface area contributed by atoms with Gasteiger partial charge in [-0.2, -0.15) is 0 Å². The number of anilines is 3. The number of pyridine rings is 1. The van der Waals surface area contributed by atoms with E-state index in [0.29, 0.717) is 30.2 Å². The van der Waals surface area contributed by atoms with Crippen LogP contribution in [0.3, 0.4) is 0 Å². The van der Waals surface area contributed by atoms with Crippen molar-refractivity contribution in [1.82, 2.24) is 4.98 Å². The number of rotatable bonds is 5. The molecule has 0 unspecified atom stereocenters. The number of benzene rings is 1. The van der Waals surface area contributed by atoms with Gasteiger partial charge >= 0.3 is 0 Å². The van der Waals surface area contributed by atoms with Crippen molar-refractivity contribution in [3.05, 3.63) is 60.8 Å². The van der Waals surface area contributed by atoms with E-state index in [-0.39, 0.29) is 11.8 Å². The van der Waals surface area contributed by atoms with Gasteiger partial charge in [0.05, 0.1) is 25.1 Å². The van der Waals surface area contributed by atoms with Crippen molar-refractivity contribution in [1.29, 1.82) is 0 Å². The maximum Gasteiger partial charge on any atom is 0.255 e. The molecule has 3 rings (SSSR count). The van der Waals surface area contributed by atoms with Crippen LogP contribution in [-0.2, 0) is 9.53 Å². The van der Waals surface area contributed by atoms with Crippen LogP contribution in [0.25, 0.3) is 0 Å². The first-order valence-corrected chi connectivity index (χ1v) is 8.29. The number of hydrogen-bond donors (Lipinski definition) is 2. The Morgan fingerprint density at radius 3 is 2.35 bits per heavy atom. The molecule has 2 N–H and O–H groups in total. The lowest BCUT2D eigenvalue weighted by atomic mass is 10.2. The molecule has 0 aliphatic carbocycles. The number of aromatic nitrogens is 1. The van der Waals surface area contributed by atoms with Crippen LogP contribution in [0.4, 0.5) is 17.2 Å². The smallest absolute Gasteiger partial charge is 0.255 e. The van der Waals surface area contributed by atoms with Gasteiger partial charge in [-0.05, 0) is 42.5 Å². The standard InChI is InChI=1S/C19H20N4O3/c1-2-18(24)21-15-5-3-14(4-6-15)19(25)22-16-7-8-17(20-13-16)23-9-11-26-12-10-23/h2-8,13H,1,9-12H2,(H,21,24)(H,22,25). The topological polar surface area (TPSA) is 83.6 Å². The number of carbonyl (C=O) groups excluding carboxylic acids is 2. The van der Waals surface area contributed by atoms with Gasteiger partial charge in [-0.1, -0.05) is 6.58 Å². The van der Waals surface area contributed by atoms with E-state index >= 15 is 0 Å². The summed E-state index contributed by atoms with van der Waals surface area (Å²) in [5, 5.41) is 5.44. The van der Waals surface area contributed by atoms with Crippen molar-refractivity contribution < 1.29 is 14.3 Å². The molecule has 1 saturated heterocycles. The Morgan fingerprint density at radius 2 is 1.73 bits per heavy atom. The fraction of sp³-hybridized carbons (Fsp3) is 0.211. The van der Waals surface area contributed by atoms with Crippen LogP contribution in [0.5, 0.6) is 0 Å². The largest absolute Gasteiger partial charge is 0.378 e. The van der Waals surface area contributed by atoms with Gasteiger partial charge < -0.3 is 20.3 Å². The molecule has 26 heavy (non-hydrogen) atoms. The predicted octanol–water partition coefficient (Wildman–Crippen LogP) is 2.29. The Bertz CT molecular complexity index is 781. The van der Waals surface area contributed by atoms with Crippen molar-refractivity contribution in [2.75, 3.05) is 41.8 Å². The Balaban J connectivity index is 1.60. The second-order valence-corrected chi connectivity index (χ2v) is 5.73. The fourth-order valence-electron chi connectivity index (χ4n) is 2.54. The summed E-state index contributed by atoms with van der Waals surface area (Å²) in [6.07, 6.45) is 2.83. The molecule has 0 atom stereocenters. The lowest BCUT2D eigenvalue weighted by Gasteiger charge is -2.27. The van der Waals surface area contributed by atoms with Crippen LogP contribution in [0, 0.1) is 0 Å². The summed E-state index contributed by atoms with van der Waals surface area (Å²) >= 11 is 0. The van der Waals surface area contributed by atoms with Crippen LogP contribution < -0.4 is 15.5 Å². The summed E-state index contributed by atoms with van der Waals surface area (Å²) in [4.78, 5) is 30.1. The van der Waals surface area contributed by atoms with Crippen LogP contribution >= 0.6 is 0 Å². The van der Waals surface area contributed by atoms with E-state index in [9.17, 15) is 9.59 Å². The van der Waals surface area contributed by atoms with Gasteiger partial charge in [0.25, 0.3) is 5.91 Å². The number of carbonyl (C=O) groups is 2. The average molecular weight is 352 g/mol. The van der Waals surface area contributed by atoms with Crippen molar-refractivity contribution in [3.63, 3.8) is 0 Å². The van der Waals surface area contributed by atoms with Gasteiger partial charge in [0.1, 0.15) is 5.82 Å². The second kappa shape index (κ2) is 8.26. The number of nitrogens with one attached hydrogen (secondary N) is 2. The molecule has 1 aliphatic heterocycles. The molecule has 1 aromatic carbocycles. The highest BCUT2D eigenvalue weighted by Crippen LogP contribution is 2.17. The maximum absolute atomic E-state index is 12.3. The molecule has 0 saturated carbocycles. The normalized spacial score (nSPS) is 13.8. The molecule has 1 aromatic heterocycles. The lowest BCUT2D eigenvalue weighted by Crippen LogP contribution is -2.36. The van der Waals surface area contributed by atoms with Gasteiger partial charge in [-0.15, -0.1) is 0 Å². The molecule has 2 aromatic rings. The van der Waals surface area contributed by atoms with E-state index in [1.54, 1.807) is 30.5 Å². The fourth-order valence-corrected chi connectivity index (χ4v) is 2.54. The molecule has 1 aliphatic rings. The highest BCUT2D eigenvalue weighted by molar-refractivity contribution is 6.05. The first kappa shape index (κ1) is 17.6. The van der Waals surface area contributed by atoms with Crippen molar-refractivity contribution in [3.8, 4) is 0 Å². The molecule has 0 spiro atoms. The molecule has 134 valence electrons. The number of nitrogens with zero attached hydrogens (tertiary/aromatic N) is 2. The van der Waals surface area contributed by atoms with Crippen LogP contribution in [0.2, 0.25) is 0 Å². The first-order chi connectivity index (χ1) is 12.7. The third-order valence-electron chi connectivity index (χ3n) is 3.94. The van der Waals surface area contributed by atoms with Crippen LogP contribution in [-0.4, -0.2) is 43.1 Å². The van der Waals surface area contributed by atoms with E-state index in [4.69, 9.17) is 4.74 Å². The second-order valence-electron chi connectivity index (χ2n) is 5.73. The van der Waals surface area contributed by atoms with E-state index < -0.39 is 0 Å². The molecule has 1 fully saturated rings. The summed E-state index contributed by atoms with van der Waals surface area (Å²) < 4.78 is 5.33. The molecular weight excluding hydrogens is 332 g/mol. The molecule has 7 heteroatoms. The van der Waals surface area contributed by atoms with Crippen LogP contribution in [0.1, 0.15) is 10.4 Å². The Labute approximate surface area is 151 Å². The zero-order valence-electron chi connectivity index (χ0n) is 14.3. The predicted molar refractivity (Wildman–Crippen MR) is 100 cm³/mol. The zero-order valence-corrected chi connectivity index (χ0v) is 14.3. The minimum atomic E-state index is -0.298. The first-order valence-electron chi connectivity index (χ1n) is 8.29. The summed E-state index contributed by atoms with van der Waals surface area (Å²) in [6, 6.07) is 10.3. The van der Waals surface area contributed by atoms with Crippen molar-refractivity contribution in [2.45, 2.75) is 0 Å². The minimum absolute atomic E-state index is 0.243. The lowest BCUT2D eigenvalue weighted by molar-refractivity contribution is -0.111. The highest BCUT2D eigenvalue weighted by Gasteiger charge is 2.12. The van der Waals surface area contributed by atoms with E-state index in [0.717, 1.165) is 18.9 Å². The van der Waals surface area contributed by atoms with Crippen molar-refractivity contribution in [2.24, 2.45) is 0 Å². The molecule has 0 bridgehead atoms. The Morgan fingerprint density at radius 1 is 1.04 bits per heavy atom. The van der Waals surface area contributed by atoms with E-state index in [1.165, 1.54) is 6.08 Å². The maximum atomic E-state index is 12.3. The van der Waals surface area contributed by atoms with E-state index in [2.05, 4.69) is 27.1 Å². The molecule has 2 amide bonds. The monoisotopic (exact) mass is 352 g/mol. The van der Waals surface area contributed by atoms with Gasteiger partial charge in [0.2, 0.25) is 5.91 Å². The number of ether oxygens (including phenoxy) is 1. The Hall–Kier alpha value is -3.19. The Kier molecular flexibility index (Phi) is 5.60.